The summed E-state index contributed by atoms with van der Waals surface area (Å²) in [6.45, 7) is 3.91. The predicted molar refractivity (Wildman–Crippen MR) is 98.3 cm³/mol. The number of pyridine rings is 1. The fourth-order valence-corrected chi connectivity index (χ4v) is 2.79. The van der Waals surface area contributed by atoms with Gasteiger partial charge >= 0.3 is 0 Å². The molecule has 130 valence electrons. The molecule has 0 aliphatic rings. The van der Waals surface area contributed by atoms with Crippen molar-refractivity contribution in [3.8, 4) is 17.0 Å². The second-order valence-corrected chi connectivity index (χ2v) is 5.90. The summed E-state index contributed by atoms with van der Waals surface area (Å²) in [6.07, 6.45) is 1.86. The molecule has 0 saturated carbocycles. The fraction of sp³-hybridized carbons (Fsp3) is 0.421. The van der Waals surface area contributed by atoms with Gasteiger partial charge in [-0.25, -0.2) is 4.98 Å². The van der Waals surface area contributed by atoms with Crippen molar-refractivity contribution in [1.29, 1.82) is 0 Å². The highest BCUT2D eigenvalue weighted by molar-refractivity contribution is 5.70. The number of rotatable bonds is 8. The molecule has 0 spiro atoms. The van der Waals surface area contributed by atoms with Crippen LogP contribution in [-0.4, -0.2) is 48.8 Å². The van der Waals surface area contributed by atoms with Crippen molar-refractivity contribution in [3.63, 3.8) is 0 Å². The summed E-state index contributed by atoms with van der Waals surface area (Å²) in [6, 6.07) is 9.89. The highest BCUT2D eigenvalue weighted by Gasteiger charge is 2.13. The third-order valence-corrected chi connectivity index (χ3v) is 4.19. The van der Waals surface area contributed by atoms with Crippen molar-refractivity contribution >= 4 is 5.82 Å². The Bertz CT molecular complexity index is 674. The standard InChI is InChI=1S/C19H27N3O2/c1-4-14-12-16(17-6-5-7-19(20)21-17)18(24-3)13-15(14)8-9-22(2)10-11-23/h5-7,12-13,23H,4,8-11H2,1-3H3,(H2,20,21). The topological polar surface area (TPSA) is 71.6 Å². The van der Waals surface area contributed by atoms with Crippen LogP contribution in [0.25, 0.3) is 11.3 Å². The predicted octanol–water partition coefficient (Wildman–Crippen LogP) is 2.37. The normalized spacial score (nSPS) is 11.0. The summed E-state index contributed by atoms with van der Waals surface area (Å²) in [5.74, 6) is 1.31. The van der Waals surface area contributed by atoms with Crippen LogP contribution >= 0.6 is 0 Å². The molecular weight excluding hydrogens is 302 g/mol. The van der Waals surface area contributed by atoms with E-state index in [4.69, 9.17) is 15.6 Å². The molecule has 2 rings (SSSR count). The van der Waals surface area contributed by atoms with Crippen LogP contribution in [0.4, 0.5) is 5.82 Å². The molecule has 0 unspecified atom stereocenters. The second-order valence-electron chi connectivity index (χ2n) is 5.90. The van der Waals surface area contributed by atoms with E-state index in [0.717, 1.165) is 36.4 Å². The number of ether oxygens (including phenoxy) is 1. The maximum absolute atomic E-state index is 9.02. The summed E-state index contributed by atoms with van der Waals surface area (Å²) in [4.78, 5) is 6.54. The highest BCUT2D eigenvalue weighted by Crippen LogP contribution is 2.32. The van der Waals surface area contributed by atoms with E-state index in [9.17, 15) is 0 Å². The maximum atomic E-state index is 9.02. The monoisotopic (exact) mass is 329 g/mol. The first-order valence-electron chi connectivity index (χ1n) is 8.31. The zero-order valence-electron chi connectivity index (χ0n) is 14.7. The number of methoxy groups -OCH3 is 1. The van der Waals surface area contributed by atoms with Crippen molar-refractivity contribution in [1.82, 2.24) is 9.88 Å². The minimum atomic E-state index is 0.181. The zero-order valence-corrected chi connectivity index (χ0v) is 14.7. The van der Waals surface area contributed by atoms with E-state index < -0.39 is 0 Å². The van der Waals surface area contributed by atoms with Gasteiger partial charge in [-0.3, -0.25) is 0 Å². The smallest absolute Gasteiger partial charge is 0.128 e. The number of nitrogens with zero attached hydrogens (tertiary/aromatic N) is 2. The SMILES string of the molecule is CCc1cc(-c2cccc(N)n2)c(OC)cc1CCN(C)CCO. The molecule has 0 bridgehead atoms. The Morgan fingerprint density at radius 1 is 1.21 bits per heavy atom. The van der Waals surface area contributed by atoms with Crippen molar-refractivity contribution < 1.29 is 9.84 Å². The molecule has 1 aromatic heterocycles. The van der Waals surface area contributed by atoms with Crippen LogP contribution in [0.5, 0.6) is 5.75 Å². The summed E-state index contributed by atoms with van der Waals surface area (Å²) in [5, 5.41) is 9.02. The Morgan fingerprint density at radius 3 is 2.62 bits per heavy atom. The Hall–Kier alpha value is -2.11. The number of aliphatic hydroxyl groups is 1. The number of hydrogen-bond donors (Lipinski definition) is 2. The van der Waals surface area contributed by atoms with Crippen molar-refractivity contribution in [3.05, 3.63) is 41.5 Å². The maximum Gasteiger partial charge on any atom is 0.128 e. The quantitative estimate of drug-likeness (QED) is 0.778. The third kappa shape index (κ3) is 4.46. The van der Waals surface area contributed by atoms with Crippen LogP contribution < -0.4 is 10.5 Å². The van der Waals surface area contributed by atoms with E-state index >= 15 is 0 Å². The third-order valence-electron chi connectivity index (χ3n) is 4.19. The summed E-state index contributed by atoms with van der Waals surface area (Å²) >= 11 is 0. The first kappa shape index (κ1) is 18.2. The van der Waals surface area contributed by atoms with Crippen molar-refractivity contribution in [2.75, 3.05) is 39.6 Å². The van der Waals surface area contributed by atoms with Gasteiger partial charge in [0.05, 0.1) is 19.4 Å². The van der Waals surface area contributed by atoms with Gasteiger partial charge in [-0.15, -0.1) is 0 Å². The minimum Gasteiger partial charge on any atom is -0.496 e. The summed E-state index contributed by atoms with van der Waals surface area (Å²) < 4.78 is 5.60. The highest BCUT2D eigenvalue weighted by atomic mass is 16.5. The van der Waals surface area contributed by atoms with E-state index in [0.29, 0.717) is 12.4 Å². The van der Waals surface area contributed by atoms with Gasteiger partial charge in [0.25, 0.3) is 0 Å². The van der Waals surface area contributed by atoms with Crippen LogP contribution in [0, 0.1) is 0 Å². The second kappa shape index (κ2) is 8.66. The summed E-state index contributed by atoms with van der Waals surface area (Å²) in [7, 11) is 3.70. The first-order chi connectivity index (χ1) is 11.6. The Labute approximate surface area is 144 Å². The number of nitrogen functional groups attached to an aromatic ring is 1. The molecule has 0 amide bonds. The number of likely N-dealkylation sites (N-methyl/N-ethyl adjacent to an activating group) is 1. The largest absolute Gasteiger partial charge is 0.496 e. The number of aromatic nitrogens is 1. The molecule has 0 atom stereocenters. The number of nitrogens with two attached hydrogens (primary N) is 1. The number of aliphatic hydroxyl groups excluding tert-OH is 1. The first-order valence-corrected chi connectivity index (χ1v) is 8.31. The lowest BCUT2D eigenvalue weighted by Gasteiger charge is -2.18. The molecule has 5 nitrogen and oxygen atoms in total. The zero-order chi connectivity index (χ0) is 17.5. The minimum absolute atomic E-state index is 0.181. The Morgan fingerprint density at radius 2 is 2.00 bits per heavy atom. The lowest BCUT2D eigenvalue weighted by Crippen LogP contribution is -2.24. The molecule has 0 saturated heterocycles. The Balaban J connectivity index is 2.34. The molecule has 24 heavy (non-hydrogen) atoms. The molecule has 0 fully saturated rings. The van der Waals surface area contributed by atoms with Gasteiger partial charge in [0, 0.05) is 18.7 Å². The molecule has 0 aliphatic carbocycles. The van der Waals surface area contributed by atoms with E-state index in [1.54, 1.807) is 13.2 Å². The van der Waals surface area contributed by atoms with E-state index in [2.05, 4.69) is 28.9 Å². The lowest BCUT2D eigenvalue weighted by atomic mass is 9.96. The van der Waals surface area contributed by atoms with Crippen LogP contribution in [0.3, 0.4) is 0 Å². The van der Waals surface area contributed by atoms with Gasteiger partial charge in [0.1, 0.15) is 11.6 Å². The molecular formula is C19H27N3O2. The lowest BCUT2D eigenvalue weighted by molar-refractivity contribution is 0.223. The molecule has 1 heterocycles. The van der Waals surface area contributed by atoms with Gasteiger partial charge in [0.2, 0.25) is 0 Å². The summed E-state index contributed by atoms with van der Waals surface area (Å²) in [5.41, 5.74) is 10.2. The van der Waals surface area contributed by atoms with Crippen LogP contribution in [0.15, 0.2) is 30.3 Å². The number of aryl methyl sites for hydroxylation is 1. The van der Waals surface area contributed by atoms with Gasteiger partial charge < -0.3 is 20.5 Å². The van der Waals surface area contributed by atoms with E-state index in [1.165, 1.54) is 11.1 Å². The van der Waals surface area contributed by atoms with E-state index in [-0.39, 0.29) is 6.61 Å². The molecule has 2 aromatic rings. The van der Waals surface area contributed by atoms with Gasteiger partial charge in [0.15, 0.2) is 0 Å². The van der Waals surface area contributed by atoms with Crippen molar-refractivity contribution in [2.24, 2.45) is 0 Å². The number of anilines is 1. The van der Waals surface area contributed by atoms with Crippen LogP contribution in [0.1, 0.15) is 18.1 Å². The molecule has 5 heteroatoms. The number of hydrogen-bond acceptors (Lipinski definition) is 5. The van der Waals surface area contributed by atoms with E-state index in [1.807, 2.05) is 19.2 Å². The average molecular weight is 329 g/mol. The van der Waals surface area contributed by atoms with Crippen molar-refractivity contribution in [2.45, 2.75) is 19.8 Å². The molecule has 0 radical (unpaired) electrons. The van der Waals surface area contributed by atoms with Crippen LogP contribution in [0.2, 0.25) is 0 Å². The van der Waals surface area contributed by atoms with Gasteiger partial charge in [-0.1, -0.05) is 13.0 Å². The van der Waals surface area contributed by atoms with Gasteiger partial charge in [-0.05, 0) is 55.3 Å². The molecule has 1 aromatic carbocycles. The van der Waals surface area contributed by atoms with Crippen LogP contribution in [-0.2, 0) is 12.8 Å². The number of benzene rings is 1. The Kier molecular flexibility index (Phi) is 6.58. The van der Waals surface area contributed by atoms with Gasteiger partial charge in [-0.2, -0.15) is 0 Å². The molecule has 3 N–H and O–H groups in total. The fourth-order valence-electron chi connectivity index (χ4n) is 2.79. The average Bonchev–Trinajstić information content (AvgIpc) is 2.59. The molecule has 0 aliphatic heterocycles.